The Bertz CT molecular complexity index is 598. The van der Waals surface area contributed by atoms with E-state index in [0.29, 0.717) is 18.0 Å². The number of benzene rings is 1. The molecule has 0 spiro atoms. The van der Waals surface area contributed by atoms with Crippen molar-refractivity contribution in [3.63, 3.8) is 0 Å². The van der Waals surface area contributed by atoms with Crippen molar-refractivity contribution in [1.82, 2.24) is 0 Å². The molecular formula is C13H18N2O4S2. The molecule has 1 saturated heterocycles. The lowest BCUT2D eigenvalue weighted by Crippen LogP contribution is -2.25. The molecule has 116 valence electrons. The molecule has 0 aromatic heterocycles. The lowest BCUT2D eigenvalue weighted by molar-refractivity contribution is 0.127. The first-order valence-electron chi connectivity index (χ1n) is 6.58. The molecule has 0 bridgehead atoms. The van der Waals surface area contributed by atoms with Crippen LogP contribution in [-0.2, 0) is 14.8 Å². The molecule has 21 heavy (non-hydrogen) atoms. The lowest BCUT2D eigenvalue weighted by Gasteiger charge is -2.13. The number of ether oxygens (including phenoxy) is 2. The Morgan fingerprint density at radius 2 is 2.33 bits per heavy atom. The Hall–Kier alpha value is -1.38. The predicted octanol–water partition coefficient (Wildman–Crippen LogP) is 1.27. The number of thiocarbonyl (C=S) groups is 1. The van der Waals surface area contributed by atoms with Crippen molar-refractivity contribution in [2.24, 2.45) is 5.73 Å². The van der Waals surface area contributed by atoms with Crippen LogP contribution in [0.5, 0.6) is 5.75 Å². The van der Waals surface area contributed by atoms with Gasteiger partial charge in [0, 0.05) is 12.7 Å². The quantitative estimate of drug-likeness (QED) is 0.732. The number of hydrogen-bond acceptors (Lipinski definition) is 5. The average molecular weight is 330 g/mol. The van der Waals surface area contributed by atoms with Gasteiger partial charge in [0.25, 0.3) is 0 Å². The monoisotopic (exact) mass is 330 g/mol. The zero-order chi connectivity index (χ0) is 15.3. The smallest absolute Gasteiger partial charge is 0.235 e. The van der Waals surface area contributed by atoms with Gasteiger partial charge in [0.15, 0.2) is 0 Å². The first-order valence-corrected chi connectivity index (χ1v) is 8.64. The van der Waals surface area contributed by atoms with E-state index < -0.39 is 10.0 Å². The van der Waals surface area contributed by atoms with Crippen LogP contribution in [0.2, 0.25) is 0 Å². The fraction of sp³-hybridized carbons (Fsp3) is 0.462. The zero-order valence-electron chi connectivity index (χ0n) is 11.4. The van der Waals surface area contributed by atoms with Crippen molar-refractivity contribution < 1.29 is 17.9 Å². The second-order valence-electron chi connectivity index (χ2n) is 4.80. The summed E-state index contributed by atoms with van der Waals surface area (Å²) in [5.41, 5.74) is 5.79. The molecule has 1 fully saturated rings. The van der Waals surface area contributed by atoms with E-state index in [0.717, 1.165) is 12.8 Å². The Morgan fingerprint density at radius 1 is 1.52 bits per heavy atom. The first-order chi connectivity index (χ1) is 9.94. The number of nitrogens with two attached hydrogens (primary N) is 1. The number of nitrogens with one attached hydrogen (secondary N) is 1. The Kier molecular flexibility index (Phi) is 5.38. The van der Waals surface area contributed by atoms with Crippen LogP contribution in [-0.4, -0.2) is 38.5 Å². The third-order valence-corrected chi connectivity index (χ3v) is 4.39. The van der Waals surface area contributed by atoms with Gasteiger partial charge in [-0.05, 0) is 25.0 Å². The summed E-state index contributed by atoms with van der Waals surface area (Å²) in [6.07, 6.45) is 1.46. The maximum atomic E-state index is 12.1. The number of sulfonamides is 1. The third kappa shape index (κ3) is 5.49. The fourth-order valence-electron chi connectivity index (χ4n) is 2.05. The van der Waals surface area contributed by atoms with Crippen molar-refractivity contribution in [1.29, 1.82) is 0 Å². The average Bonchev–Trinajstić information content (AvgIpc) is 2.88. The largest absolute Gasteiger partial charge is 0.486 e. The maximum Gasteiger partial charge on any atom is 0.235 e. The number of rotatable bonds is 7. The minimum absolute atomic E-state index is 0.0367. The normalized spacial score (nSPS) is 18.4. The highest BCUT2D eigenvalue weighted by molar-refractivity contribution is 7.92. The Labute approximate surface area is 129 Å². The molecule has 1 aliphatic rings. The van der Waals surface area contributed by atoms with E-state index in [4.69, 9.17) is 27.4 Å². The summed E-state index contributed by atoms with van der Waals surface area (Å²) in [5.74, 6) is 0.463. The zero-order valence-corrected chi connectivity index (χ0v) is 13.1. The van der Waals surface area contributed by atoms with Crippen molar-refractivity contribution in [2.45, 2.75) is 18.9 Å². The molecule has 0 saturated carbocycles. The van der Waals surface area contributed by atoms with Crippen LogP contribution in [0.1, 0.15) is 12.8 Å². The minimum Gasteiger partial charge on any atom is -0.486 e. The second kappa shape index (κ2) is 7.06. The molecule has 1 aliphatic heterocycles. The van der Waals surface area contributed by atoms with Gasteiger partial charge in [-0.3, -0.25) is 4.72 Å². The van der Waals surface area contributed by atoms with Gasteiger partial charge in [0.2, 0.25) is 10.0 Å². The van der Waals surface area contributed by atoms with Gasteiger partial charge in [-0.2, -0.15) is 0 Å². The molecule has 1 aromatic rings. The summed E-state index contributed by atoms with van der Waals surface area (Å²) in [6.45, 7) is 0.740. The van der Waals surface area contributed by atoms with Gasteiger partial charge in [-0.15, -0.1) is 0 Å². The lowest BCUT2D eigenvalue weighted by atomic mass is 10.3. The Balaban J connectivity index is 1.97. The van der Waals surface area contributed by atoms with Crippen molar-refractivity contribution in [3.05, 3.63) is 24.3 Å². The van der Waals surface area contributed by atoms with Crippen LogP contribution in [0.15, 0.2) is 24.3 Å². The molecule has 3 N–H and O–H groups in total. The molecule has 1 atom stereocenters. The van der Waals surface area contributed by atoms with E-state index in [1.165, 1.54) is 0 Å². The molecule has 8 heteroatoms. The SMILES string of the molecule is NC(=S)COc1cccc(NS(=O)(=O)CC2CCCO2)c1. The van der Waals surface area contributed by atoms with Gasteiger partial charge in [-0.25, -0.2) is 8.42 Å². The molecule has 1 aromatic carbocycles. The van der Waals surface area contributed by atoms with E-state index in [1.54, 1.807) is 24.3 Å². The van der Waals surface area contributed by atoms with Crippen LogP contribution in [0.3, 0.4) is 0 Å². The van der Waals surface area contributed by atoms with Gasteiger partial charge in [0.1, 0.15) is 17.3 Å². The highest BCUT2D eigenvalue weighted by Gasteiger charge is 2.23. The van der Waals surface area contributed by atoms with Crippen LogP contribution >= 0.6 is 12.2 Å². The molecule has 1 unspecified atom stereocenters. The highest BCUT2D eigenvalue weighted by Crippen LogP contribution is 2.20. The topological polar surface area (TPSA) is 90.6 Å². The van der Waals surface area contributed by atoms with Crippen LogP contribution in [0, 0.1) is 0 Å². The van der Waals surface area contributed by atoms with E-state index in [2.05, 4.69) is 4.72 Å². The first kappa shape index (κ1) is 16.0. The summed E-state index contributed by atoms with van der Waals surface area (Å²) in [5, 5.41) is 0. The van der Waals surface area contributed by atoms with Gasteiger partial charge in [-0.1, -0.05) is 18.3 Å². The van der Waals surface area contributed by atoms with Crippen LogP contribution in [0.25, 0.3) is 0 Å². The molecule has 0 amide bonds. The van der Waals surface area contributed by atoms with Crippen LogP contribution < -0.4 is 15.2 Å². The highest BCUT2D eigenvalue weighted by atomic mass is 32.2. The third-order valence-electron chi connectivity index (χ3n) is 2.92. The molecular weight excluding hydrogens is 312 g/mol. The minimum atomic E-state index is -3.45. The van der Waals surface area contributed by atoms with Gasteiger partial charge in [0.05, 0.1) is 17.5 Å². The molecule has 0 aliphatic carbocycles. The summed E-state index contributed by atoms with van der Waals surface area (Å²) in [6, 6.07) is 6.64. The fourth-order valence-corrected chi connectivity index (χ4v) is 3.43. The van der Waals surface area contributed by atoms with Gasteiger partial charge >= 0.3 is 0 Å². The number of anilines is 1. The van der Waals surface area contributed by atoms with Crippen molar-refractivity contribution in [2.75, 3.05) is 23.7 Å². The predicted molar refractivity (Wildman–Crippen MR) is 85.1 cm³/mol. The van der Waals surface area contributed by atoms with Crippen LogP contribution in [0.4, 0.5) is 5.69 Å². The maximum absolute atomic E-state index is 12.1. The van der Waals surface area contributed by atoms with E-state index in [-0.39, 0.29) is 23.5 Å². The summed E-state index contributed by atoms with van der Waals surface area (Å²) in [7, 11) is -3.45. The summed E-state index contributed by atoms with van der Waals surface area (Å²) in [4.78, 5) is 0.236. The number of hydrogen-bond donors (Lipinski definition) is 2. The Morgan fingerprint density at radius 3 is 3.00 bits per heavy atom. The van der Waals surface area contributed by atoms with Gasteiger partial charge < -0.3 is 15.2 Å². The summed E-state index contributed by atoms with van der Waals surface area (Å²) < 4.78 is 37.3. The molecule has 2 rings (SSSR count). The van der Waals surface area contributed by atoms with Crippen molar-refractivity contribution in [3.8, 4) is 5.75 Å². The van der Waals surface area contributed by atoms with E-state index in [9.17, 15) is 8.42 Å². The molecule has 6 nitrogen and oxygen atoms in total. The second-order valence-corrected chi connectivity index (χ2v) is 7.09. The molecule has 0 radical (unpaired) electrons. The summed E-state index contributed by atoms with van der Waals surface area (Å²) >= 11 is 4.72. The van der Waals surface area contributed by atoms with E-state index in [1.807, 2.05) is 0 Å². The van der Waals surface area contributed by atoms with Crippen molar-refractivity contribution >= 4 is 32.9 Å². The standard InChI is InChI=1S/C13H18N2O4S2/c14-13(20)8-19-11-4-1-3-10(7-11)15-21(16,17)9-12-5-2-6-18-12/h1,3-4,7,12,15H,2,5-6,8-9H2,(H2,14,20). The van der Waals surface area contributed by atoms with E-state index >= 15 is 0 Å². The molecule has 1 heterocycles.